The van der Waals surface area contributed by atoms with Gasteiger partial charge < -0.3 is 9.73 Å². The fraction of sp³-hybridized carbons (Fsp3) is 0.148. The summed E-state index contributed by atoms with van der Waals surface area (Å²) in [7, 11) is 0. The summed E-state index contributed by atoms with van der Waals surface area (Å²) < 4.78 is 7.49. The summed E-state index contributed by atoms with van der Waals surface area (Å²) >= 11 is 0. The van der Waals surface area contributed by atoms with Crippen molar-refractivity contribution < 1.29 is 8.66 Å². The fourth-order valence-electron chi connectivity index (χ4n) is 4.13. The van der Waals surface area contributed by atoms with Gasteiger partial charge in [-0.1, -0.05) is 45.0 Å². The van der Waals surface area contributed by atoms with Crippen LogP contribution in [0.4, 0.5) is 0 Å². The second-order valence-electron chi connectivity index (χ2n) is 8.76. The fourth-order valence-corrected chi connectivity index (χ4v) is 4.13. The van der Waals surface area contributed by atoms with Gasteiger partial charge in [-0.3, -0.25) is 0 Å². The normalized spacial score (nSPS) is 15.2. The molecule has 0 bridgehead atoms. The standard InChI is InChI=1S/C27H24N2O/c1-27(2,3)23-16-20(15-18-7-5-6-8-21(18)23)24-17-19(10-13-29(24)4)26-22-11-14-30-25(22)9-12-28-26/h5-17H,4H2,1-3H3. The molecule has 4 aromatic rings. The molecule has 1 aliphatic heterocycles. The number of nitrogens with zero attached hydrogens (tertiary/aromatic N) is 2. The van der Waals surface area contributed by atoms with Crippen LogP contribution in [0.5, 0.6) is 0 Å². The largest absolute Gasteiger partial charge is 0.663 e. The van der Waals surface area contributed by atoms with E-state index in [9.17, 15) is 0 Å². The quantitative estimate of drug-likeness (QED) is 0.375. The van der Waals surface area contributed by atoms with Crippen LogP contribution in [0.25, 0.3) is 39.1 Å². The number of aromatic nitrogens is 1. The van der Waals surface area contributed by atoms with Crippen molar-refractivity contribution in [1.29, 1.82) is 0 Å². The van der Waals surface area contributed by atoms with Crippen LogP contribution in [0.2, 0.25) is 0 Å². The Hall–Kier alpha value is -3.59. The van der Waals surface area contributed by atoms with Crippen LogP contribution in [0.3, 0.4) is 0 Å². The second kappa shape index (κ2) is 6.74. The van der Waals surface area contributed by atoms with Crippen molar-refractivity contribution >= 4 is 22.5 Å². The third kappa shape index (κ3) is 3.03. The zero-order chi connectivity index (χ0) is 20.9. The van der Waals surface area contributed by atoms with Crippen molar-refractivity contribution in [2.24, 2.45) is 0 Å². The summed E-state index contributed by atoms with van der Waals surface area (Å²) in [5, 5.41) is 8.21. The predicted molar refractivity (Wildman–Crippen MR) is 122 cm³/mol. The van der Waals surface area contributed by atoms with E-state index >= 15 is 0 Å². The van der Waals surface area contributed by atoms with Crippen molar-refractivity contribution in [1.82, 2.24) is 0 Å². The van der Waals surface area contributed by atoms with Gasteiger partial charge in [0.05, 0.1) is 6.26 Å². The minimum Gasteiger partial charge on any atom is -0.663 e. The summed E-state index contributed by atoms with van der Waals surface area (Å²) in [4.78, 5) is 0. The molecule has 0 N–H and O–H groups in total. The molecule has 0 radical (unpaired) electrons. The lowest BCUT2D eigenvalue weighted by atomic mass is 9.82. The van der Waals surface area contributed by atoms with E-state index in [0.717, 1.165) is 33.5 Å². The molecule has 2 aromatic heterocycles. The lowest BCUT2D eigenvalue weighted by Crippen LogP contribution is -2.22. The Morgan fingerprint density at radius 1 is 1.00 bits per heavy atom. The van der Waals surface area contributed by atoms with Crippen LogP contribution in [-0.4, -0.2) is 0 Å². The Bertz CT molecular complexity index is 1420. The number of hydrogen-bond acceptors (Lipinski definition) is 1. The highest BCUT2D eigenvalue weighted by Gasteiger charge is 2.20. The van der Waals surface area contributed by atoms with Crippen molar-refractivity contribution in [2.75, 3.05) is 0 Å². The van der Waals surface area contributed by atoms with Gasteiger partial charge in [0, 0.05) is 23.3 Å². The highest BCUT2D eigenvalue weighted by Crippen LogP contribution is 2.34. The zero-order valence-electron chi connectivity index (χ0n) is 17.5. The van der Waals surface area contributed by atoms with E-state index in [1.165, 1.54) is 16.3 Å². The first-order valence-corrected chi connectivity index (χ1v) is 10.1. The van der Waals surface area contributed by atoms with Crippen LogP contribution in [0, 0.1) is 6.72 Å². The molecule has 0 atom stereocenters. The average Bonchev–Trinajstić information content (AvgIpc) is 3.22. The molecule has 0 saturated carbocycles. The smallest absolute Gasteiger partial charge is 0.217 e. The molecule has 0 aliphatic carbocycles. The molecule has 148 valence electrons. The molecule has 5 rings (SSSR count). The van der Waals surface area contributed by atoms with Gasteiger partial charge in [-0.05, 0) is 51.2 Å². The molecule has 3 nitrogen and oxygen atoms in total. The Morgan fingerprint density at radius 3 is 2.67 bits per heavy atom. The van der Waals surface area contributed by atoms with Crippen molar-refractivity contribution in [3.8, 4) is 11.3 Å². The summed E-state index contributed by atoms with van der Waals surface area (Å²) in [6.45, 7) is 11.0. The van der Waals surface area contributed by atoms with Gasteiger partial charge in [0.2, 0.25) is 5.69 Å². The van der Waals surface area contributed by atoms with E-state index in [1.807, 2.05) is 22.6 Å². The molecule has 2 aromatic carbocycles. The first-order chi connectivity index (χ1) is 14.4. The minimum absolute atomic E-state index is 0.0309. The van der Waals surface area contributed by atoms with E-state index in [1.54, 1.807) is 12.5 Å². The van der Waals surface area contributed by atoms with Crippen LogP contribution >= 0.6 is 0 Å². The molecule has 3 heterocycles. The Labute approximate surface area is 176 Å². The number of furan rings is 1. The maximum atomic E-state index is 5.56. The van der Waals surface area contributed by atoms with Gasteiger partial charge in [0.25, 0.3) is 0 Å². The van der Waals surface area contributed by atoms with Crippen molar-refractivity contribution in [2.45, 2.75) is 26.2 Å². The van der Waals surface area contributed by atoms with Gasteiger partial charge in [-0.25, -0.2) is 0 Å². The second-order valence-corrected chi connectivity index (χ2v) is 8.76. The predicted octanol–water partition coefficient (Wildman–Crippen LogP) is 5.84. The number of rotatable bonds is 1. The molecule has 30 heavy (non-hydrogen) atoms. The third-order valence-corrected chi connectivity index (χ3v) is 5.65. The van der Waals surface area contributed by atoms with E-state index < -0.39 is 0 Å². The molecule has 0 saturated heterocycles. The summed E-state index contributed by atoms with van der Waals surface area (Å²) in [6, 6.07) is 19.3. The molecule has 0 fully saturated rings. The number of benzene rings is 2. The van der Waals surface area contributed by atoms with Crippen LogP contribution < -0.4 is 9.46 Å². The van der Waals surface area contributed by atoms with Gasteiger partial charge >= 0.3 is 0 Å². The maximum absolute atomic E-state index is 5.56. The first kappa shape index (κ1) is 18.4. The Kier molecular flexibility index (Phi) is 4.14. The van der Waals surface area contributed by atoms with E-state index in [-0.39, 0.29) is 5.41 Å². The number of pyridine rings is 1. The Morgan fingerprint density at radius 2 is 1.83 bits per heavy atom. The lowest BCUT2D eigenvalue weighted by Gasteiger charge is -2.24. The highest BCUT2D eigenvalue weighted by atomic mass is 16.3. The van der Waals surface area contributed by atoms with E-state index in [4.69, 9.17) is 4.42 Å². The molecule has 1 aliphatic rings. The molecular weight excluding hydrogens is 368 g/mol. The number of hydrogen-bond donors (Lipinski definition) is 0. The molecule has 0 unspecified atom stereocenters. The topological polar surface area (TPSA) is 33.1 Å². The van der Waals surface area contributed by atoms with Crippen molar-refractivity contribution in [3.63, 3.8) is 0 Å². The highest BCUT2D eigenvalue weighted by molar-refractivity contribution is 5.91. The van der Waals surface area contributed by atoms with Gasteiger partial charge in [0.15, 0.2) is 6.20 Å². The Balaban J connectivity index is 1.78. The van der Waals surface area contributed by atoms with Gasteiger partial charge in [0.1, 0.15) is 12.5 Å². The third-order valence-electron chi connectivity index (χ3n) is 5.65. The minimum atomic E-state index is 0.0309. The van der Waals surface area contributed by atoms with Crippen LogP contribution in [-0.2, 0) is 5.41 Å². The summed E-state index contributed by atoms with van der Waals surface area (Å²) in [5.74, 6) is 0.841. The zero-order valence-corrected chi connectivity index (χ0v) is 17.5. The molecular formula is C27H24N2O. The SMILES string of the molecule is C=[n+]1ccc(=C2[N-]C=Cc3occc32)cc1-c1cc(C(C)(C)C)c2ccccc2c1. The monoisotopic (exact) mass is 392 g/mol. The van der Waals surface area contributed by atoms with Crippen LogP contribution in [0.1, 0.15) is 37.7 Å². The first-order valence-electron chi connectivity index (χ1n) is 10.1. The van der Waals surface area contributed by atoms with Gasteiger partial charge in [-0.2, -0.15) is 10.4 Å². The lowest BCUT2D eigenvalue weighted by molar-refractivity contribution is -0.486. The molecule has 3 heteroatoms. The summed E-state index contributed by atoms with van der Waals surface area (Å²) in [5.41, 5.74) is 5.49. The van der Waals surface area contributed by atoms with Crippen LogP contribution in [0.15, 0.2) is 77.7 Å². The maximum Gasteiger partial charge on any atom is 0.217 e. The van der Waals surface area contributed by atoms with E-state index in [2.05, 4.69) is 81.3 Å². The number of fused-ring (bicyclic) bond motifs is 2. The average molecular weight is 393 g/mol. The van der Waals surface area contributed by atoms with Crippen molar-refractivity contribution in [3.05, 3.63) is 107 Å². The van der Waals surface area contributed by atoms with Gasteiger partial charge in [-0.15, -0.1) is 5.70 Å². The molecule has 0 spiro atoms. The molecule has 0 amide bonds. The van der Waals surface area contributed by atoms with E-state index in [0.29, 0.717) is 0 Å². The summed E-state index contributed by atoms with van der Waals surface area (Å²) in [6.07, 6.45) is 7.39.